The van der Waals surface area contributed by atoms with Gasteiger partial charge < -0.3 is 29.7 Å². The number of para-hydroxylation sites is 1. The molecule has 0 aliphatic heterocycles. The quantitative estimate of drug-likeness (QED) is 0.349. The van der Waals surface area contributed by atoms with E-state index < -0.39 is 6.61 Å². The molecule has 172 valence electrons. The Kier molecular flexibility index (Phi) is 12.8. The third-order valence-electron chi connectivity index (χ3n) is 4.12. The van der Waals surface area contributed by atoms with E-state index in [9.17, 15) is 8.78 Å². The molecular weight excluding hydrogens is 394 g/mol. The van der Waals surface area contributed by atoms with Crippen LogP contribution in [-0.4, -0.2) is 70.5 Å². The number of hydrogen-bond donors (Lipinski definition) is 2. The average molecular weight is 431 g/mol. The Labute approximate surface area is 178 Å². The summed E-state index contributed by atoms with van der Waals surface area (Å²) in [6, 6.07) is 5.05. The van der Waals surface area contributed by atoms with Crippen LogP contribution in [0.5, 0.6) is 11.5 Å². The smallest absolute Gasteiger partial charge is 0.387 e. The summed E-state index contributed by atoms with van der Waals surface area (Å²) in [6.45, 7) is 6.10. The van der Waals surface area contributed by atoms with E-state index in [1.165, 1.54) is 0 Å². The zero-order valence-electron chi connectivity index (χ0n) is 18.7. The molecule has 2 N–H and O–H groups in total. The summed E-state index contributed by atoms with van der Waals surface area (Å²) in [5.41, 5.74) is 0.521. The zero-order valence-corrected chi connectivity index (χ0v) is 18.7. The molecule has 9 heteroatoms. The number of nitrogens with one attached hydrogen (secondary N) is 2. The number of rotatable bonds is 14. The highest BCUT2D eigenvalue weighted by molar-refractivity contribution is 5.79. The van der Waals surface area contributed by atoms with Crippen LogP contribution in [0.3, 0.4) is 0 Å². The lowest BCUT2D eigenvalue weighted by atomic mass is 10.2. The number of halogens is 2. The van der Waals surface area contributed by atoms with Gasteiger partial charge in [-0.05, 0) is 47.4 Å². The van der Waals surface area contributed by atoms with Gasteiger partial charge in [-0.3, -0.25) is 0 Å². The standard InChI is InChI=1S/C21H36F2N4O3/c1-6-24-21(26-15-17(28-7-2)12-13-27(4)5)25-14-16-10-9-11-18(29-8-3)19(16)30-20(22)23/h9-11,17,20H,6-8,12-15H2,1-5H3,(H2,24,25,26). The maximum Gasteiger partial charge on any atom is 0.387 e. The minimum Gasteiger partial charge on any atom is -0.490 e. The summed E-state index contributed by atoms with van der Waals surface area (Å²) in [5, 5.41) is 6.44. The first-order valence-electron chi connectivity index (χ1n) is 10.4. The average Bonchev–Trinajstić information content (AvgIpc) is 2.69. The molecule has 30 heavy (non-hydrogen) atoms. The molecular formula is C21H36F2N4O3. The maximum atomic E-state index is 12.9. The molecule has 0 saturated carbocycles. The van der Waals surface area contributed by atoms with Crippen molar-refractivity contribution in [3.05, 3.63) is 23.8 Å². The molecule has 7 nitrogen and oxygen atoms in total. The van der Waals surface area contributed by atoms with Gasteiger partial charge in [-0.2, -0.15) is 8.78 Å². The first-order valence-corrected chi connectivity index (χ1v) is 10.4. The van der Waals surface area contributed by atoms with E-state index in [4.69, 9.17) is 14.2 Å². The highest BCUT2D eigenvalue weighted by Gasteiger charge is 2.16. The number of ether oxygens (including phenoxy) is 3. The molecule has 1 aromatic carbocycles. The Morgan fingerprint density at radius 3 is 2.50 bits per heavy atom. The van der Waals surface area contributed by atoms with Crippen LogP contribution in [0.2, 0.25) is 0 Å². The molecule has 0 heterocycles. The molecule has 0 aliphatic rings. The van der Waals surface area contributed by atoms with E-state index in [2.05, 4.69) is 20.5 Å². The van der Waals surface area contributed by atoms with Gasteiger partial charge in [-0.25, -0.2) is 4.99 Å². The van der Waals surface area contributed by atoms with Gasteiger partial charge in [-0.15, -0.1) is 0 Å². The fourth-order valence-electron chi connectivity index (χ4n) is 2.78. The number of benzene rings is 1. The fourth-order valence-corrected chi connectivity index (χ4v) is 2.78. The SMILES string of the molecule is CCNC(=NCc1cccc(OCC)c1OC(F)F)NCC(CCN(C)C)OCC. The number of aliphatic imine (C=N–C) groups is 1. The number of guanidine groups is 1. The lowest BCUT2D eigenvalue weighted by Gasteiger charge is -2.21. The second-order valence-electron chi connectivity index (χ2n) is 6.80. The highest BCUT2D eigenvalue weighted by atomic mass is 19.3. The third kappa shape index (κ3) is 10.1. The molecule has 0 fully saturated rings. The van der Waals surface area contributed by atoms with Crippen molar-refractivity contribution >= 4 is 5.96 Å². The van der Waals surface area contributed by atoms with Crippen molar-refractivity contribution in [2.24, 2.45) is 4.99 Å². The van der Waals surface area contributed by atoms with E-state index in [0.29, 0.717) is 37.8 Å². The molecule has 1 unspecified atom stereocenters. The normalized spacial score (nSPS) is 12.9. The van der Waals surface area contributed by atoms with Crippen LogP contribution >= 0.6 is 0 Å². The first kappa shape index (κ1) is 25.9. The number of alkyl halides is 2. The second-order valence-corrected chi connectivity index (χ2v) is 6.80. The summed E-state index contributed by atoms with van der Waals surface area (Å²) in [6.07, 6.45) is 0.927. The van der Waals surface area contributed by atoms with Crippen molar-refractivity contribution < 1.29 is 23.0 Å². The minimum absolute atomic E-state index is 0.0205. The van der Waals surface area contributed by atoms with Gasteiger partial charge in [0.2, 0.25) is 0 Å². The van der Waals surface area contributed by atoms with E-state index in [0.717, 1.165) is 13.0 Å². The summed E-state index contributed by atoms with van der Waals surface area (Å²) in [4.78, 5) is 6.64. The zero-order chi connectivity index (χ0) is 22.4. The van der Waals surface area contributed by atoms with E-state index in [1.807, 2.05) is 27.9 Å². The Balaban J connectivity index is 2.89. The molecule has 0 radical (unpaired) electrons. The van der Waals surface area contributed by atoms with Crippen LogP contribution in [0.1, 0.15) is 32.8 Å². The topological polar surface area (TPSA) is 67.4 Å². The molecule has 0 aromatic heterocycles. The number of nitrogens with zero attached hydrogens (tertiary/aromatic N) is 2. The largest absolute Gasteiger partial charge is 0.490 e. The summed E-state index contributed by atoms with van der Waals surface area (Å²) >= 11 is 0. The van der Waals surface area contributed by atoms with Gasteiger partial charge in [0.25, 0.3) is 0 Å². The molecule has 0 aliphatic carbocycles. The van der Waals surface area contributed by atoms with Gasteiger partial charge in [0.05, 0.1) is 19.3 Å². The van der Waals surface area contributed by atoms with Crippen molar-refractivity contribution in [2.45, 2.75) is 46.5 Å². The van der Waals surface area contributed by atoms with Gasteiger partial charge in [0, 0.05) is 31.8 Å². The monoisotopic (exact) mass is 430 g/mol. The molecule has 0 spiro atoms. The van der Waals surface area contributed by atoms with E-state index in [1.54, 1.807) is 25.1 Å². The van der Waals surface area contributed by atoms with Crippen molar-refractivity contribution in [1.29, 1.82) is 0 Å². The van der Waals surface area contributed by atoms with Crippen LogP contribution in [0.4, 0.5) is 8.78 Å². The molecule has 0 bridgehead atoms. The van der Waals surface area contributed by atoms with E-state index in [-0.39, 0.29) is 24.1 Å². The lowest BCUT2D eigenvalue weighted by molar-refractivity contribution is -0.0520. The summed E-state index contributed by atoms with van der Waals surface area (Å²) in [5.74, 6) is 0.882. The van der Waals surface area contributed by atoms with Crippen LogP contribution in [0.25, 0.3) is 0 Å². The van der Waals surface area contributed by atoms with Crippen LogP contribution in [0.15, 0.2) is 23.2 Å². The van der Waals surface area contributed by atoms with Crippen LogP contribution in [0, 0.1) is 0 Å². The predicted octanol–water partition coefficient (Wildman–Crippen LogP) is 3.10. The highest BCUT2D eigenvalue weighted by Crippen LogP contribution is 2.33. The van der Waals surface area contributed by atoms with Crippen molar-refractivity contribution in [1.82, 2.24) is 15.5 Å². The molecule has 1 rings (SSSR count). The van der Waals surface area contributed by atoms with Crippen LogP contribution < -0.4 is 20.1 Å². The third-order valence-corrected chi connectivity index (χ3v) is 4.12. The van der Waals surface area contributed by atoms with Gasteiger partial charge in [0.15, 0.2) is 17.5 Å². The molecule has 0 saturated heterocycles. The molecule has 1 aromatic rings. The second kappa shape index (κ2) is 14.8. The Morgan fingerprint density at radius 1 is 1.13 bits per heavy atom. The molecule has 1 atom stereocenters. The Bertz CT molecular complexity index is 630. The van der Waals surface area contributed by atoms with Crippen molar-refractivity contribution in [2.75, 3.05) is 46.9 Å². The van der Waals surface area contributed by atoms with Gasteiger partial charge in [-0.1, -0.05) is 12.1 Å². The fraction of sp³-hybridized carbons (Fsp3) is 0.667. The maximum absolute atomic E-state index is 12.9. The summed E-state index contributed by atoms with van der Waals surface area (Å²) < 4.78 is 41.7. The van der Waals surface area contributed by atoms with Crippen molar-refractivity contribution in [3.63, 3.8) is 0 Å². The van der Waals surface area contributed by atoms with E-state index >= 15 is 0 Å². The van der Waals surface area contributed by atoms with Gasteiger partial charge in [0.1, 0.15) is 0 Å². The Hall–Kier alpha value is -2.13. The minimum atomic E-state index is -2.94. The molecule has 0 amide bonds. The number of hydrogen-bond acceptors (Lipinski definition) is 5. The lowest BCUT2D eigenvalue weighted by Crippen LogP contribution is -2.42. The first-order chi connectivity index (χ1) is 14.4. The summed E-state index contributed by atoms with van der Waals surface area (Å²) in [7, 11) is 4.05. The van der Waals surface area contributed by atoms with Crippen LogP contribution in [-0.2, 0) is 11.3 Å². The van der Waals surface area contributed by atoms with Crippen molar-refractivity contribution in [3.8, 4) is 11.5 Å². The predicted molar refractivity (Wildman–Crippen MR) is 116 cm³/mol. The Morgan fingerprint density at radius 2 is 1.90 bits per heavy atom. The van der Waals surface area contributed by atoms with Gasteiger partial charge >= 0.3 is 6.61 Å².